The lowest BCUT2D eigenvalue weighted by Crippen LogP contribution is -2.73. The Morgan fingerprint density at radius 2 is 1.92 bits per heavy atom. The van der Waals surface area contributed by atoms with Gasteiger partial charge in [-0.05, 0) is 87.7 Å². The molecule has 6 N–H and O–H groups in total. The minimum absolute atomic E-state index is 0.127. The molecular weight excluding hydrogens is 456 g/mol. The zero-order valence-corrected chi connectivity index (χ0v) is 21.4. The lowest BCUT2D eigenvalue weighted by atomic mass is 9.51. The van der Waals surface area contributed by atoms with Crippen molar-refractivity contribution in [2.45, 2.75) is 86.9 Å². The number of nitrogens with zero attached hydrogens (tertiary/aromatic N) is 2. The number of nitrogen functional groups attached to an aromatic ring is 1. The largest absolute Gasteiger partial charge is 0.390 e. The van der Waals surface area contributed by atoms with E-state index in [1.54, 1.807) is 0 Å². The molecule has 5 aliphatic rings. The monoisotopic (exact) mass is 494 g/mol. The molecule has 8 nitrogen and oxygen atoms in total. The van der Waals surface area contributed by atoms with Crippen LogP contribution in [-0.2, 0) is 4.74 Å². The number of fused-ring (bicyclic) bond motifs is 2. The first kappa shape index (κ1) is 23.2. The van der Waals surface area contributed by atoms with Crippen molar-refractivity contribution in [3.63, 3.8) is 0 Å². The SMILES string of the molecule is CN(C)[C@H]1C[C@@]23CC[C@]4(O2)C2CC=C(c5ccc6nc(N)[nH]c6c5)[C@@]2(C)CCC4(O)CC3[C@@H](O)[C@@H]1O. The van der Waals surface area contributed by atoms with E-state index in [0.29, 0.717) is 25.2 Å². The van der Waals surface area contributed by atoms with Crippen molar-refractivity contribution in [3.8, 4) is 0 Å². The van der Waals surface area contributed by atoms with Gasteiger partial charge in [0.1, 0.15) is 5.60 Å². The maximum absolute atomic E-state index is 12.3. The number of ether oxygens (including phenoxy) is 1. The summed E-state index contributed by atoms with van der Waals surface area (Å²) in [6.07, 6.45) is 5.75. The van der Waals surface area contributed by atoms with Crippen molar-refractivity contribution >= 4 is 22.6 Å². The number of aromatic amines is 1. The maximum atomic E-state index is 12.3. The zero-order chi connectivity index (χ0) is 25.3. The highest BCUT2D eigenvalue weighted by Crippen LogP contribution is 2.71. The van der Waals surface area contributed by atoms with Gasteiger partial charge in [-0.25, -0.2) is 4.98 Å². The molecule has 1 aromatic heterocycles. The van der Waals surface area contributed by atoms with E-state index in [0.717, 1.165) is 36.7 Å². The molecule has 3 heterocycles. The van der Waals surface area contributed by atoms with E-state index < -0.39 is 29.0 Å². The molecule has 2 bridgehead atoms. The Morgan fingerprint density at radius 1 is 1.11 bits per heavy atom. The molecule has 2 spiro atoms. The van der Waals surface area contributed by atoms with Crippen LogP contribution in [0, 0.1) is 17.3 Å². The topological polar surface area (TPSA) is 128 Å². The third-order valence-electron chi connectivity index (χ3n) is 11.1. The molecule has 194 valence electrons. The molecule has 9 atom stereocenters. The first-order valence-electron chi connectivity index (χ1n) is 13.4. The lowest BCUT2D eigenvalue weighted by molar-refractivity contribution is -0.331. The van der Waals surface area contributed by atoms with Gasteiger partial charge in [0.05, 0.1) is 34.4 Å². The predicted octanol–water partition coefficient (Wildman–Crippen LogP) is 2.44. The number of hydrogen-bond acceptors (Lipinski definition) is 7. The molecule has 2 aromatic rings. The molecule has 7 rings (SSSR count). The maximum Gasteiger partial charge on any atom is 0.198 e. The van der Waals surface area contributed by atoms with Gasteiger partial charge in [-0.1, -0.05) is 19.1 Å². The van der Waals surface area contributed by atoms with E-state index >= 15 is 0 Å². The predicted molar refractivity (Wildman–Crippen MR) is 137 cm³/mol. The Hall–Kier alpha value is -1.97. The van der Waals surface area contributed by atoms with Crippen molar-refractivity contribution in [1.82, 2.24) is 14.9 Å². The quantitative estimate of drug-likeness (QED) is 0.434. The van der Waals surface area contributed by atoms with Crippen LogP contribution in [0.3, 0.4) is 0 Å². The minimum atomic E-state index is -1.00. The van der Waals surface area contributed by atoms with Gasteiger partial charge in [0, 0.05) is 17.9 Å². The van der Waals surface area contributed by atoms with Crippen LogP contribution < -0.4 is 5.73 Å². The van der Waals surface area contributed by atoms with Crippen LogP contribution in [0.4, 0.5) is 5.95 Å². The highest BCUT2D eigenvalue weighted by Gasteiger charge is 2.76. The van der Waals surface area contributed by atoms with Gasteiger partial charge in [0.25, 0.3) is 0 Å². The van der Waals surface area contributed by atoms with E-state index in [1.165, 1.54) is 11.1 Å². The molecular formula is C28H38N4O4. The molecule has 8 heteroatoms. The fourth-order valence-electron chi connectivity index (χ4n) is 9.25. The first-order chi connectivity index (χ1) is 17.0. The molecule has 2 saturated carbocycles. The summed E-state index contributed by atoms with van der Waals surface area (Å²) in [6, 6.07) is 6.13. The number of allylic oxidation sites excluding steroid dienone is 2. The molecule has 2 aliphatic heterocycles. The van der Waals surface area contributed by atoms with E-state index in [4.69, 9.17) is 10.5 Å². The number of nitrogens with two attached hydrogens (primary N) is 1. The van der Waals surface area contributed by atoms with Crippen LogP contribution in [0.25, 0.3) is 16.6 Å². The summed E-state index contributed by atoms with van der Waals surface area (Å²) < 4.78 is 7.21. The number of rotatable bonds is 2. The minimum Gasteiger partial charge on any atom is -0.390 e. The molecule has 3 unspecified atom stereocenters. The van der Waals surface area contributed by atoms with Crippen LogP contribution in [0.5, 0.6) is 0 Å². The summed E-state index contributed by atoms with van der Waals surface area (Å²) in [5.74, 6) is 0.324. The van der Waals surface area contributed by atoms with Gasteiger partial charge in [-0.2, -0.15) is 0 Å². The molecule has 4 fully saturated rings. The van der Waals surface area contributed by atoms with Crippen molar-refractivity contribution in [2.75, 3.05) is 19.8 Å². The Kier molecular flexibility index (Phi) is 4.58. The zero-order valence-electron chi connectivity index (χ0n) is 21.4. The number of benzene rings is 1. The summed E-state index contributed by atoms with van der Waals surface area (Å²) in [6.45, 7) is 2.35. The first-order valence-corrected chi connectivity index (χ1v) is 13.4. The number of H-pyrrole nitrogens is 1. The van der Waals surface area contributed by atoms with E-state index in [9.17, 15) is 15.3 Å². The van der Waals surface area contributed by atoms with Crippen LogP contribution in [0.1, 0.15) is 57.4 Å². The molecule has 2 saturated heterocycles. The van der Waals surface area contributed by atoms with Crippen LogP contribution >= 0.6 is 0 Å². The van der Waals surface area contributed by atoms with E-state index in [1.807, 2.05) is 25.1 Å². The summed E-state index contributed by atoms with van der Waals surface area (Å²) in [5, 5.41) is 34.4. The fraction of sp³-hybridized carbons (Fsp3) is 0.679. The summed E-state index contributed by atoms with van der Waals surface area (Å²) >= 11 is 0. The average molecular weight is 495 g/mol. The van der Waals surface area contributed by atoms with Gasteiger partial charge in [0.2, 0.25) is 0 Å². The molecule has 3 aliphatic carbocycles. The van der Waals surface area contributed by atoms with Gasteiger partial charge >= 0.3 is 0 Å². The second-order valence-corrected chi connectivity index (χ2v) is 12.8. The normalized spacial score (nSPS) is 47.5. The number of likely N-dealkylation sites (N-methyl/N-ethyl adjacent to an activating group) is 1. The highest BCUT2D eigenvalue weighted by atomic mass is 16.6. The number of aromatic nitrogens is 2. The summed E-state index contributed by atoms with van der Waals surface area (Å²) in [7, 11) is 3.91. The third kappa shape index (κ3) is 2.69. The van der Waals surface area contributed by atoms with E-state index in [2.05, 4.69) is 35.1 Å². The Morgan fingerprint density at radius 3 is 2.69 bits per heavy atom. The van der Waals surface area contributed by atoms with Gasteiger partial charge < -0.3 is 35.7 Å². The number of nitrogens with one attached hydrogen (secondary N) is 1. The number of aliphatic hydroxyl groups is 3. The number of imidazole rings is 1. The standard InChI is InChI=1S/C28H38N4O4/c1-25-8-10-27(35)13-17-22(33)23(34)20(32(2)3)14-26(17)9-11-28(27,36-26)21(25)7-5-16(25)15-4-6-18-19(12-15)31-24(29)30-18/h4-6,12,17,20-23,33-35H,7-11,13-14H2,1-3H3,(H3,29,30,31)/t17?,20-,21?,22+,23+,25+,26+,27?,28-/m0/s1. The van der Waals surface area contributed by atoms with Gasteiger partial charge in [-0.3, -0.25) is 0 Å². The van der Waals surface area contributed by atoms with Crippen LogP contribution in [0.15, 0.2) is 24.3 Å². The second-order valence-electron chi connectivity index (χ2n) is 12.8. The number of hydrogen-bond donors (Lipinski definition) is 5. The second kappa shape index (κ2) is 7.11. The van der Waals surface area contributed by atoms with Crippen LogP contribution in [0.2, 0.25) is 0 Å². The average Bonchev–Trinajstić information content (AvgIpc) is 3.49. The summed E-state index contributed by atoms with van der Waals surface area (Å²) in [5.41, 5.74) is 7.90. The number of anilines is 1. The van der Waals surface area contributed by atoms with Crippen molar-refractivity contribution in [3.05, 3.63) is 29.8 Å². The van der Waals surface area contributed by atoms with E-state index in [-0.39, 0.29) is 23.3 Å². The Bertz CT molecular complexity index is 1280. The molecule has 1 aromatic carbocycles. The van der Waals surface area contributed by atoms with Crippen molar-refractivity contribution < 1.29 is 20.1 Å². The van der Waals surface area contributed by atoms with Crippen molar-refractivity contribution in [2.24, 2.45) is 17.3 Å². The van der Waals surface area contributed by atoms with Crippen LogP contribution in [-0.4, -0.2) is 79.3 Å². The van der Waals surface area contributed by atoms with Gasteiger partial charge in [-0.15, -0.1) is 0 Å². The molecule has 0 radical (unpaired) electrons. The fourth-order valence-corrected chi connectivity index (χ4v) is 9.25. The number of aliphatic hydroxyl groups excluding tert-OH is 2. The Balaban J connectivity index is 1.27. The van der Waals surface area contributed by atoms with Crippen molar-refractivity contribution in [1.29, 1.82) is 0 Å². The molecule has 36 heavy (non-hydrogen) atoms. The lowest BCUT2D eigenvalue weighted by Gasteiger charge is -2.65. The molecule has 0 amide bonds. The van der Waals surface area contributed by atoms with Gasteiger partial charge in [0.15, 0.2) is 5.95 Å². The third-order valence-corrected chi connectivity index (χ3v) is 11.1. The Labute approximate surface area is 211 Å². The smallest absolute Gasteiger partial charge is 0.198 e. The summed E-state index contributed by atoms with van der Waals surface area (Å²) in [4.78, 5) is 9.52. The highest BCUT2D eigenvalue weighted by molar-refractivity contribution is 5.84.